The summed E-state index contributed by atoms with van der Waals surface area (Å²) in [5.41, 5.74) is 13.3. The van der Waals surface area contributed by atoms with E-state index in [1.54, 1.807) is 18.3 Å². The molecule has 0 spiro atoms. The third kappa shape index (κ3) is 0.934. The van der Waals surface area contributed by atoms with Crippen LogP contribution in [0.15, 0.2) is 24.4 Å². The molecule has 0 aliphatic carbocycles. The normalized spacial score (nSPS) is 10.3. The maximum atomic E-state index is 5.71. The first kappa shape index (κ1) is 6.84. The van der Waals surface area contributed by atoms with Gasteiger partial charge in [0, 0.05) is 16.8 Å². The zero-order valence-corrected chi connectivity index (χ0v) is 6.36. The molecule has 0 aliphatic heterocycles. The number of hydrogen-bond acceptors (Lipinski definition) is 4. The van der Waals surface area contributed by atoms with Crippen molar-refractivity contribution in [2.75, 3.05) is 11.5 Å². The maximum absolute atomic E-state index is 5.71. The minimum atomic E-state index is 0.612. The quantitative estimate of drug-likeness (QED) is 0.558. The fraction of sp³-hybridized carbons (Fsp3) is 0. The van der Waals surface area contributed by atoms with E-state index in [9.17, 15) is 0 Å². The van der Waals surface area contributed by atoms with Crippen molar-refractivity contribution in [2.45, 2.75) is 0 Å². The van der Waals surface area contributed by atoms with Crippen LogP contribution in [0.1, 0.15) is 0 Å². The number of hydrogen-bond donors (Lipinski definition) is 2. The molecule has 4 N–H and O–H groups in total. The summed E-state index contributed by atoms with van der Waals surface area (Å²) in [5, 5.41) is 8.52. The van der Waals surface area contributed by atoms with E-state index in [0.29, 0.717) is 11.4 Å². The second kappa shape index (κ2) is 2.34. The van der Waals surface area contributed by atoms with Crippen molar-refractivity contribution in [3.05, 3.63) is 24.4 Å². The molecule has 1 aromatic heterocycles. The summed E-state index contributed by atoms with van der Waals surface area (Å²) in [6.07, 6.45) is 1.61. The number of anilines is 2. The van der Waals surface area contributed by atoms with Crippen LogP contribution in [-0.4, -0.2) is 10.2 Å². The molecular formula is C8H8N4. The molecular weight excluding hydrogens is 152 g/mol. The zero-order valence-electron chi connectivity index (χ0n) is 6.36. The van der Waals surface area contributed by atoms with Crippen LogP contribution < -0.4 is 11.5 Å². The Labute approximate surface area is 69.2 Å². The molecule has 1 heterocycles. The summed E-state index contributed by atoms with van der Waals surface area (Å²) >= 11 is 0. The lowest BCUT2D eigenvalue weighted by Crippen LogP contribution is -1.93. The first-order chi connectivity index (χ1) is 5.77. The van der Waals surface area contributed by atoms with E-state index in [1.165, 1.54) is 0 Å². The maximum Gasteiger partial charge on any atom is 0.0970 e. The SMILES string of the molecule is Nc1cc(N)c2ccnnc2c1. The van der Waals surface area contributed by atoms with Crippen molar-refractivity contribution in [2.24, 2.45) is 0 Å². The van der Waals surface area contributed by atoms with E-state index in [1.807, 2.05) is 6.07 Å². The Morgan fingerprint density at radius 1 is 1.17 bits per heavy atom. The average Bonchev–Trinajstić information content (AvgIpc) is 2.04. The number of fused-ring (bicyclic) bond motifs is 1. The van der Waals surface area contributed by atoms with Crippen molar-refractivity contribution in [1.82, 2.24) is 10.2 Å². The lowest BCUT2D eigenvalue weighted by Gasteiger charge is -2.00. The van der Waals surface area contributed by atoms with Gasteiger partial charge >= 0.3 is 0 Å². The molecule has 0 radical (unpaired) electrons. The molecule has 2 aromatic rings. The highest BCUT2D eigenvalue weighted by atomic mass is 15.1. The largest absolute Gasteiger partial charge is 0.399 e. The van der Waals surface area contributed by atoms with Gasteiger partial charge < -0.3 is 11.5 Å². The highest BCUT2D eigenvalue weighted by molar-refractivity contribution is 5.92. The number of rotatable bonds is 0. The van der Waals surface area contributed by atoms with Gasteiger partial charge in [-0.1, -0.05) is 0 Å². The number of nitrogens with two attached hydrogens (primary N) is 2. The van der Waals surface area contributed by atoms with Crippen molar-refractivity contribution in [3.8, 4) is 0 Å². The molecule has 0 saturated heterocycles. The Kier molecular flexibility index (Phi) is 1.33. The zero-order chi connectivity index (χ0) is 8.55. The van der Waals surface area contributed by atoms with Gasteiger partial charge in [-0.05, 0) is 18.2 Å². The first-order valence-corrected chi connectivity index (χ1v) is 3.54. The minimum absolute atomic E-state index is 0.612. The van der Waals surface area contributed by atoms with Crippen LogP contribution >= 0.6 is 0 Å². The highest BCUT2D eigenvalue weighted by Crippen LogP contribution is 2.21. The molecule has 2 rings (SSSR count). The van der Waals surface area contributed by atoms with Gasteiger partial charge in [0.1, 0.15) is 0 Å². The second-order valence-electron chi connectivity index (χ2n) is 2.57. The van der Waals surface area contributed by atoms with E-state index in [0.717, 1.165) is 10.9 Å². The number of nitrogen functional groups attached to an aromatic ring is 2. The van der Waals surface area contributed by atoms with Crippen molar-refractivity contribution >= 4 is 22.3 Å². The first-order valence-electron chi connectivity index (χ1n) is 3.54. The van der Waals surface area contributed by atoms with Crippen molar-refractivity contribution < 1.29 is 0 Å². The molecule has 4 heteroatoms. The predicted octanol–water partition coefficient (Wildman–Crippen LogP) is 0.794. The van der Waals surface area contributed by atoms with Gasteiger partial charge in [-0.25, -0.2) is 0 Å². The highest BCUT2D eigenvalue weighted by Gasteiger charge is 1.99. The van der Waals surface area contributed by atoms with Crippen LogP contribution in [0.4, 0.5) is 11.4 Å². The van der Waals surface area contributed by atoms with Gasteiger partial charge in [0.2, 0.25) is 0 Å². The molecule has 12 heavy (non-hydrogen) atoms. The van der Waals surface area contributed by atoms with E-state index in [2.05, 4.69) is 10.2 Å². The summed E-state index contributed by atoms with van der Waals surface area (Å²) in [5.74, 6) is 0. The van der Waals surface area contributed by atoms with E-state index in [-0.39, 0.29) is 0 Å². The number of benzene rings is 1. The van der Waals surface area contributed by atoms with Crippen molar-refractivity contribution in [1.29, 1.82) is 0 Å². The van der Waals surface area contributed by atoms with E-state index >= 15 is 0 Å². The fourth-order valence-electron chi connectivity index (χ4n) is 1.15. The molecule has 0 saturated carbocycles. The molecule has 0 aliphatic rings. The molecule has 0 bridgehead atoms. The monoisotopic (exact) mass is 160 g/mol. The van der Waals surface area contributed by atoms with Gasteiger partial charge in [-0.15, -0.1) is 0 Å². The second-order valence-corrected chi connectivity index (χ2v) is 2.57. The topological polar surface area (TPSA) is 77.8 Å². The van der Waals surface area contributed by atoms with Crippen LogP contribution in [0.25, 0.3) is 10.9 Å². The number of aromatic nitrogens is 2. The third-order valence-corrected chi connectivity index (χ3v) is 1.69. The Morgan fingerprint density at radius 3 is 2.83 bits per heavy atom. The Bertz CT molecular complexity index is 424. The standard InChI is InChI=1S/C8H8N4/c9-5-3-7(10)6-1-2-11-12-8(6)4-5/h1-4H,9-10H2. The lowest BCUT2D eigenvalue weighted by molar-refractivity contribution is 1.08. The van der Waals surface area contributed by atoms with Gasteiger partial charge in [0.25, 0.3) is 0 Å². The fourth-order valence-corrected chi connectivity index (χ4v) is 1.15. The lowest BCUT2D eigenvalue weighted by atomic mass is 10.2. The average molecular weight is 160 g/mol. The minimum Gasteiger partial charge on any atom is -0.399 e. The van der Waals surface area contributed by atoms with Gasteiger partial charge in [-0.3, -0.25) is 0 Å². The third-order valence-electron chi connectivity index (χ3n) is 1.69. The molecule has 1 aromatic carbocycles. The predicted molar refractivity (Wildman–Crippen MR) is 48.4 cm³/mol. The summed E-state index contributed by atoms with van der Waals surface area (Å²) in [4.78, 5) is 0. The molecule has 0 fully saturated rings. The molecule has 0 unspecified atom stereocenters. The summed E-state index contributed by atoms with van der Waals surface area (Å²) in [6, 6.07) is 5.28. The number of nitrogens with zero attached hydrogens (tertiary/aromatic N) is 2. The van der Waals surface area contributed by atoms with Gasteiger partial charge in [-0.2, -0.15) is 10.2 Å². The van der Waals surface area contributed by atoms with Crippen LogP contribution in [0.3, 0.4) is 0 Å². The Hall–Kier alpha value is -1.84. The molecule has 60 valence electrons. The summed E-state index contributed by atoms with van der Waals surface area (Å²) < 4.78 is 0. The van der Waals surface area contributed by atoms with Crippen LogP contribution in [0, 0.1) is 0 Å². The smallest absolute Gasteiger partial charge is 0.0970 e. The summed E-state index contributed by atoms with van der Waals surface area (Å²) in [6.45, 7) is 0. The molecule has 4 nitrogen and oxygen atoms in total. The van der Waals surface area contributed by atoms with E-state index < -0.39 is 0 Å². The molecule has 0 amide bonds. The van der Waals surface area contributed by atoms with Crippen LogP contribution in [-0.2, 0) is 0 Å². The van der Waals surface area contributed by atoms with Crippen molar-refractivity contribution in [3.63, 3.8) is 0 Å². The Balaban J connectivity index is 2.89. The van der Waals surface area contributed by atoms with Crippen LogP contribution in [0.5, 0.6) is 0 Å². The van der Waals surface area contributed by atoms with Crippen LogP contribution in [0.2, 0.25) is 0 Å². The Morgan fingerprint density at radius 2 is 2.00 bits per heavy atom. The summed E-state index contributed by atoms with van der Waals surface area (Å²) in [7, 11) is 0. The van der Waals surface area contributed by atoms with Gasteiger partial charge in [0.15, 0.2) is 0 Å². The van der Waals surface area contributed by atoms with E-state index in [4.69, 9.17) is 11.5 Å². The van der Waals surface area contributed by atoms with Gasteiger partial charge in [0.05, 0.1) is 11.7 Å². The molecule has 0 atom stereocenters.